The van der Waals surface area contributed by atoms with Crippen LogP contribution in [0.2, 0.25) is 0 Å². The summed E-state index contributed by atoms with van der Waals surface area (Å²) < 4.78 is 22.9. The number of hydrogen-bond donors (Lipinski definition) is 1. The minimum Gasteiger partial charge on any atom is -0.345 e. The molecule has 6 nitrogen and oxygen atoms in total. The minimum absolute atomic E-state index is 0.0165. The van der Waals surface area contributed by atoms with Crippen LogP contribution in [0, 0.1) is 5.92 Å². The molecule has 0 bridgehead atoms. The lowest BCUT2D eigenvalue weighted by atomic mass is 9.95. The van der Waals surface area contributed by atoms with E-state index in [4.69, 9.17) is 0 Å². The van der Waals surface area contributed by atoms with E-state index in [1.165, 1.54) is 0 Å². The van der Waals surface area contributed by atoms with Gasteiger partial charge in [-0.15, -0.1) is 0 Å². The van der Waals surface area contributed by atoms with Gasteiger partial charge in [-0.25, -0.2) is 8.42 Å². The van der Waals surface area contributed by atoms with Gasteiger partial charge >= 0.3 is 0 Å². The second-order valence-corrected chi connectivity index (χ2v) is 7.89. The first kappa shape index (κ1) is 14.3. The fraction of sp³-hybridized carbons (Fsp3) is 0.833. The van der Waals surface area contributed by atoms with E-state index in [1.54, 1.807) is 4.90 Å². The highest BCUT2D eigenvalue weighted by Crippen LogP contribution is 2.25. The number of nitrogens with zero attached hydrogens (tertiary/aromatic N) is 1. The van der Waals surface area contributed by atoms with E-state index in [0.717, 1.165) is 0 Å². The van der Waals surface area contributed by atoms with Gasteiger partial charge in [0.2, 0.25) is 11.8 Å². The van der Waals surface area contributed by atoms with Gasteiger partial charge in [-0.2, -0.15) is 0 Å². The molecular weight excluding hydrogens is 268 g/mol. The van der Waals surface area contributed by atoms with Crippen molar-refractivity contribution in [1.29, 1.82) is 0 Å². The monoisotopic (exact) mass is 288 g/mol. The molecule has 19 heavy (non-hydrogen) atoms. The summed E-state index contributed by atoms with van der Waals surface area (Å²) in [6.45, 7) is 3.82. The van der Waals surface area contributed by atoms with E-state index in [9.17, 15) is 18.0 Å². The van der Waals surface area contributed by atoms with Gasteiger partial charge in [-0.1, -0.05) is 13.8 Å². The number of carbonyl (C=O) groups is 2. The van der Waals surface area contributed by atoms with Crippen LogP contribution in [0.4, 0.5) is 0 Å². The van der Waals surface area contributed by atoms with E-state index in [-0.39, 0.29) is 41.8 Å². The highest BCUT2D eigenvalue weighted by molar-refractivity contribution is 7.91. The second kappa shape index (κ2) is 5.11. The zero-order chi connectivity index (χ0) is 14.2. The van der Waals surface area contributed by atoms with Crippen LogP contribution < -0.4 is 5.32 Å². The third-order valence-electron chi connectivity index (χ3n) is 3.82. The summed E-state index contributed by atoms with van der Waals surface area (Å²) in [6, 6.07) is -0.610. The predicted molar refractivity (Wildman–Crippen MR) is 70.2 cm³/mol. The molecule has 1 N–H and O–H groups in total. The Labute approximate surface area is 113 Å². The van der Waals surface area contributed by atoms with Crippen molar-refractivity contribution >= 4 is 21.7 Å². The van der Waals surface area contributed by atoms with Gasteiger partial charge in [0.15, 0.2) is 0 Å². The van der Waals surface area contributed by atoms with Crippen molar-refractivity contribution in [2.24, 2.45) is 5.92 Å². The standard InChI is InChI=1S/C12H20N2O4S/c1-8(2)11-12(16)13-7-10(15)14(11)9-3-5-19(17,18)6-4-9/h8-9,11H,3-7H2,1-2H3,(H,13,16). The van der Waals surface area contributed by atoms with Crippen molar-refractivity contribution in [2.75, 3.05) is 18.1 Å². The number of sulfone groups is 1. The molecule has 2 saturated heterocycles. The van der Waals surface area contributed by atoms with E-state index in [1.807, 2.05) is 13.8 Å². The van der Waals surface area contributed by atoms with Crippen molar-refractivity contribution in [1.82, 2.24) is 10.2 Å². The number of rotatable bonds is 2. The largest absolute Gasteiger partial charge is 0.345 e. The first-order valence-corrected chi connectivity index (χ1v) is 8.43. The average molecular weight is 288 g/mol. The Kier molecular flexibility index (Phi) is 3.85. The molecule has 1 atom stereocenters. The van der Waals surface area contributed by atoms with Crippen molar-refractivity contribution in [3.05, 3.63) is 0 Å². The maximum atomic E-state index is 12.1. The molecule has 0 aliphatic carbocycles. The molecule has 2 amide bonds. The smallest absolute Gasteiger partial charge is 0.243 e. The number of carbonyl (C=O) groups excluding carboxylic acids is 2. The molecule has 0 aromatic heterocycles. The fourth-order valence-corrected chi connectivity index (χ4v) is 4.32. The van der Waals surface area contributed by atoms with E-state index < -0.39 is 15.9 Å². The van der Waals surface area contributed by atoms with E-state index in [0.29, 0.717) is 12.8 Å². The predicted octanol–water partition coefficient (Wildman–Crippen LogP) is -0.453. The average Bonchev–Trinajstić information content (AvgIpc) is 2.32. The van der Waals surface area contributed by atoms with E-state index in [2.05, 4.69) is 5.32 Å². The maximum Gasteiger partial charge on any atom is 0.243 e. The van der Waals surface area contributed by atoms with Crippen LogP contribution in [0.3, 0.4) is 0 Å². The first-order chi connectivity index (χ1) is 8.82. The third kappa shape index (κ3) is 2.91. The molecule has 2 fully saturated rings. The zero-order valence-electron chi connectivity index (χ0n) is 11.3. The minimum atomic E-state index is -2.96. The molecule has 108 valence electrons. The van der Waals surface area contributed by atoms with Crippen molar-refractivity contribution < 1.29 is 18.0 Å². The molecule has 2 rings (SSSR count). The zero-order valence-corrected chi connectivity index (χ0v) is 12.1. The number of nitrogens with one attached hydrogen (secondary N) is 1. The quantitative estimate of drug-likeness (QED) is 0.746. The second-order valence-electron chi connectivity index (χ2n) is 5.59. The van der Waals surface area contributed by atoms with Crippen molar-refractivity contribution in [3.63, 3.8) is 0 Å². The summed E-state index contributed by atoms with van der Waals surface area (Å²) in [5, 5.41) is 2.60. The van der Waals surface area contributed by atoms with Crippen molar-refractivity contribution in [2.45, 2.75) is 38.8 Å². The van der Waals surface area contributed by atoms with Gasteiger partial charge in [-0.05, 0) is 18.8 Å². The Morgan fingerprint density at radius 2 is 1.79 bits per heavy atom. The van der Waals surface area contributed by atoms with Gasteiger partial charge < -0.3 is 10.2 Å². The SMILES string of the molecule is CC(C)C1C(=O)NCC(=O)N1C1CCS(=O)(=O)CC1. The molecule has 0 radical (unpaired) electrons. The number of hydrogen-bond acceptors (Lipinski definition) is 4. The Morgan fingerprint density at radius 1 is 1.21 bits per heavy atom. The lowest BCUT2D eigenvalue weighted by molar-refractivity contribution is -0.150. The summed E-state index contributed by atoms with van der Waals surface area (Å²) in [5.74, 6) is -0.0182. The molecule has 0 aromatic rings. The van der Waals surface area contributed by atoms with Crippen LogP contribution >= 0.6 is 0 Å². The van der Waals surface area contributed by atoms with Gasteiger partial charge in [0.05, 0.1) is 18.1 Å². The van der Waals surface area contributed by atoms with Crippen molar-refractivity contribution in [3.8, 4) is 0 Å². The lowest BCUT2D eigenvalue weighted by Gasteiger charge is -2.43. The van der Waals surface area contributed by atoms with Crippen LogP contribution in [0.5, 0.6) is 0 Å². The summed E-state index contributed by atoms with van der Waals surface area (Å²) in [5.41, 5.74) is 0. The number of piperazine rings is 1. The Balaban J connectivity index is 2.19. The Hall–Kier alpha value is -1.11. The van der Waals surface area contributed by atoms with Crippen LogP contribution in [0.15, 0.2) is 0 Å². The topological polar surface area (TPSA) is 83.6 Å². The van der Waals surface area contributed by atoms with Gasteiger partial charge in [0.25, 0.3) is 0 Å². The normalized spacial score (nSPS) is 28.6. The highest BCUT2D eigenvalue weighted by atomic mass is 32.2. The summed E-state index contributed by atoms with van der Waals surface area (Å²) in [4.78, 5) is 25.6. The molecule has 2 aliphatic heterocycles. The van der Waals surface area contributed by atoms with Crippen LogP contribution in [0.25, 0.3) is 0 Å². The first-order valence-electron chi connectivity index (χ1n) is 6.61. The molecule has 2 aliphatic rings. The molecule has 0 saturated carbocycles. The lowest BCUT2D eigenvalue weighted by Crippen LogP contribution is -2.64. The van der Waals surface area contributed by atoms with E-state index >= 15 is 0 Å². The Morgan fingerprint density at radius 3 is 2.32 bits per heavy atom. The van der Waals surface area contributed by atoms with Crippen LogP contribution in [-0.4, -0.2) is 55.3 Å². The summed E-state index contributed by atoms with van der Waals surface area (Å²) >= 11 is 0. The molecule has 2 heterocycles. The number of amides is 2. The summed E-state index contributed by atoms with van der Waals surface area (Å²) in [7, 11) is -2.96. The molecule has 1 unspecified atom stereocenters. The van der Waals surface area contributed by atoms with Gasteiger partial charge in [0.1, 0.15) is 15.9 Å². The molecule has 0 spiro atoms. The molecular formula is C12H20N2O4S. The third-order valence-corrected chi connectivity index (χ3v) is 5.53. The van der Waals surface area contributed by atoms with Gasteiger partial charge in [0, 0.05) is 6.04 Å². The molecule has 0 aromatic carbocycles. The highest BCUT2D eigenvalue weighted by Gasteiger charge is 2.41. The van der Waals surface area contributed by atoms with Crippen LogP contribution in [-0.2, 0) is 19.4 Å². The molecule has 7 heteroatoms. The summed E-state index contributed by atoms with van der Waals surface area (Å²) in [6.07, 6.45) is 0.870. The van der Waals surface area contributed by atoms with Crippen LogP contribution in [0.1, 0.15) is 26.7 Å². The maximum absolute atomic E-state index is 12.1. The van der Waals surface area contributed by atoms with Gasteiger partial charge in [-0.3, -0.25) is 9.59 Å². The fourth-order valence-electron chi connectivity index (χ4n) is 2.85. The Bertz CT molecular complexity index is 472.